The molecular formula is C15H23N5O2S. The van der Waals surface area contributed by atoms with Gasteiger partial charge in [-0.3, -0.25) is 9.36 Å². The second kappa shape index (κ2) is 5.76. The van der Waals surface area contributed by atoms with Gasteiger partial charge in [-0.25, -0.2) is 8.42 Å². The summed E-state index contributed by atoms with van der Waals surface area (Å²) >= 11 is 0. The lowest BCUT2D eigenvalue weighted by Crippen LogP contribution is -2.39. The van der Waals surface area contributed by atoms with Crippen LogP contribution in [0.1, 0.15) is 35.8 Å². The minimum Gasteiger partial charge on any atom is -0.276 e. The third kappa shape index (κ3) is 2.81. The number of hydrogen-bond donors (Lipinski definition) is 0. The van der Waals surface area contributed by atoms with Gasteiger partial charge in [0.2, 0.25) is 10.0 Å². The molecule has 0 radical (unpaired) electrons. The summed E-state index contributed by atoms with van der Waals surface area (Å²) in [5.74, 6) is 0.150. The predicted molar refractivity (Wildman–Crippen MR) is 86.6 cm³/mol. The van der Waals surface area contributed by atoms with Crippen LogP contribution in [0.15, 0.2) is 17.2 Å². The fourth-order valence-corrected chi connectivity index (χ4v) is 5.23. The molecular weight excluding hydrogens is 314 g/mol. The van der Waals surface area contributed by atoms with E-state index in [2.05, 4.69) is 10.2 Å². The highest BCUT2D eigenvalue weighted by molar-refractivity contribution is 7.89. The molecule has 1 saturated heterocycles. The third-order valence-electron chi connectivity index (χ3n) is 4.58. The van der Waals surface area contributed by atoms with Crippen molar-refractivity contribution in [1.82, 2.24) is 23.9 Å². The topological polar surface area (TPSA) is 73.0 Å². The molecule has 0 spiro atoms. The molecule has 3 heterocycles. The molecule has 0 saturated carbocycles. The Kier molecular flexibility index (Phi) is 4.05. The second-order valence-corrected chi connectivity index (χ2v) is 8.11. The number of aryl methyl sites for hydroxylation is 3. The number of rotatable bonds is 3. The first-order chi connectivity index (χ1) is 10.8. The zero-order valence-electron chi connectivity index (χ0n) is 14.0. The number of hydrogen-bond acceptors (Lipinski definition) is 4. The lowest BCUT2D eigenvalue weighted by molar-refractivity contribution is 0.311. The lowest BCUT2D eigenvalue weighted by Gasteiger charge is -2.31. The fourth-order valence-electron chi connectivity index (χ4n) is 3.31. The number of sulfonamides is 1. The Hall–Kier alpha value is -1.67. The van der Waals surface area contributed by atoms with Crippen molar-refractivity contribution in [3.8, 4) is 0 Å². The van der Waals surface area contributed by atoms with E-state index in [4.69, 9.17) is 0 Å². The molecule has 2 aromatic heterocycles. The van der Waals surface area contributed by atoms with E-state index in [0.717, 1.165) is 18.5 Å². The van der Waals surface area contributed by atoms with E-state index < -0.39 is 10.0 Å². The largest absolute Gasteiger partial charge is 0.276 e. The van der Waals surface area contributed by atoms with Gasteiger partial charge in [-0.2, -0.15) is 14.5 Å². The van der Waals surface area contributed by atoms with Crippen molar-refractivity contribution in [2.24, 2.45) is 14.1 Å². The summed E-state index contributed by atoms with van der Waals surface area (Å²) in [7, 11) is 0.129. The molecule has 23 heavy (non-hydrogen) atoms. The Morgan fingerprint density at radius 1 is 1.22 bits per heavy atom. The summed E-state index contributed by atoms with van der Waals surface area (Å²) in [5.41, 5.74) is 2.21. The van der Waals surface area contributed by atoms with Crippen LogP contribution in [0.4, 0.5) is 0 Å². The van der Waals surface area contributed by atoms with Crippen LogP contribution in [0.3, 0.4) is 0 Å². The van der Waals surface area contributed by atoms with Crippen molar-refractivity contribution in [2.75, 3.05) is 13.1 Å². The molecule has 0 aliphatic carbocycles. The second-order valence-electron chi connectivity index (χ2n) is 6.24. The van der Waals surface area contributed by atoms with E-state index in [-0.39, 0.29) is 5.92 Å². The van der Waals surface area contributed by atoms with E-state index >= 15 is 0 Å². The number of nitrogens with zero attached hydrogens (tertiary/aromatic N) is 5. The van der Waals surface area contributed by atoms with E-state index in [0.29, 0.717) is 29.4 Å². The van der Waals surface area contributed by atoms with Gasteiger partial charge in [0.25, 0.3) is 0 Å². The van der Waals surface area contributed by atoms with Crippen molar-refractivity contribution in [1.29, 1.82) is 0 Å². The minimum atomic E-state index is -3.52. The molecule has 1 fully saturated rings. The molecule has 0 bridgehead atoms. The molecule has 3 rings (SSSR count). The zero-order valence-corrected chi connectivity index (χ0v) is 14.8. The zero-order chi connectivity index (χ0) is 16.8. The molecule has 0 aromatic carbocycles. The minimum absolute atomic E-state index is 0.150. The monoisotopic (exact) mass is 337 g/mol. The molecule has 1 aliphatic rings. The van der Waals surface area contributed by atoms with Crippen molar-refractivity contribution < 1.29 is 8.42 Å². The highest BCUT2D eigenvalue weighted by Crippen LogP contribution is 2.31. The molecule has 0 N–H and O–H groups in total. The molecule has 1 aliphatic heterocycles. The van der Waals surface area contributed by atoms with Crippen LogP contribution in [0.25, 0.3) is 0 Å². The van der Waals surface area contributed by atoms with Crippen molar-refractivity contribution in [3.63, 3.8) is 0 Å². The van der Waals surface area contributed by atoms with Crippen LogP contribution < -0.4 is 0 Å². The molecule has 0 amide bonds. The van der Waals surface area contributed by atoms with Crippen LogP contribution in [0.2, 0.25) is 0 Å². The Labute approximate surface area is 137 Å². The maximum atomic E-state index is 13.1. The maximum Gasteiger partial charge on any atom is 0.246 e. The van der Waals surface area contributed by atoms with E-state index in [9.17, 15) is 8.42 Å². The summed E-state index contributed by atoms with van der Waals surface area (Å²) in [6.45, 7) is 4.58. The van der Waals surface area contributed by atoms with Gasteiger partial charge >= 0.3 is 0 Å². The summed E-state index contributed by atoms with van der Waals surface area (Å²) in [5, 5.41) is 8.69. The Bertz CT molecular complexity index is 821. The van der Waals surface area contributed by atoms with E-state index in [1.165, 1.54) is 0 Å². The lowest BCUT2D eigenvalue weighted by atomic mass is 9.96. The van der Waals surface area contributed by atoms with Crippen molar-refractivity contribution in [2.45, 2.75) is 37.5 Å². The summed E-state index contributed by atoms with van der Waals surface area (Å²) < 4.78 is 31.1. The molecule has 7 nitrogen and oxygen atoms in total. The Morgan fingerprint density at radius 3 is 2.52 bits per heavy atom. The molecule has 8 heteroatoms. The van der Waals surface area contributed by atoms with Crippen LogP contribution in [0.5, 0.6) is 0 Å². The number of aromatic nitrogens is 4. The summed E-state index contributed by atoms with van der Waals surface area (Å²) in [6, 6.07) is 1.97. The quantitative estimate of drug-likeness (QED) is 0.847. The smallest absolute Gasteiger partial charge is 0.246 e. The van der Waals surface area contributed by atoms with E-state index in [1.807, 2.05) is 19.3 Å². The van der Waals surface area contributed by atoms with E-state index in [1.54, 1.807) is 34.6 Å². The predicted octanol–water partition coefficient (Wildman–Crippen LogP) is 1.34. The van der Waals surface area contributed by atoms with Gasteiger partial charge in [0.05, 0.1) is 17.1 Å². The summed E-state index contributed by atoms with van der Waals surface area (Å²) in [6.07, 6.45) is 3.71. The average Bonchev–Trinajstić information content (AvgIpc) is 3.03. The Morgan fingerprint density at radius 2 is 1.96 bits per heavy atom. The van der Waals surface area contributed by atoms with Crippen molar-refractivity contribution in [3.05, 3.63) is 29.3 Å². The first-order valence-electron chi connectivity index (χ1n) is 7.80. The summed E-state index contributed by atoms with van der Waals surface area (Å²) in [4.78, 5) is 0.349. The fraction of sp³-hybridized carbons (Fsp3) is 0.600. The van der Waals surface area contributed by atoms with Crippen LogP contribution in [0, 0.1) is 13.8 Å². The van der Waals surface area contributed by atoms with Crippen LogP contribution >= 0.6 is 0 Å². The molecule has 1 atom stereocenters. The SMILES string of the molecule is Cc1nn(C)c(C)c1S(=O)(=O)N1CCCC(c2ccn(C)n2)C1. The first kappa shape index (κ1) is 16.2. The van der Waals surface area contributed by atoms with Gasteiger partial charge in [0.1, 0.15) is 4.90 Å². The van der Waals surface area contributed by atoms with Gasteiger partial charge in [0, 0.05) is 39.3 Å². The van der Waals surface area contributed by atoms with Gasteiger partial charge in [0.15, 0.2) is 0 Å². The molecule has 2 aromatic rings. The van der Waals surface area contributed by atoms with Gasteiger partial charge in [-0.05, 0) is 32.8 Å². The van der Waals surface area contributed by atoms with Gasteiger partial charge in [-0.15, -0.1) is 0 Å². The van der Waals surface area contributed by atoms with Gasteiger partial charge < -0.3 is 0 Å². The third-order valence-corrected chi connectivity index (χ3v) is 6.70. The maximum absolute atomic E-state index is 13.1. The Balaban J connectivity index is 1.91. The average molecular weight is 337 g/mol. The highest BCUT2D eigenvalue weighted by atomic mass is 32.2. The highest BCUT2D eigenvalue weighted by Gasteiger charge is 2.35. The normalized spacial score (nSPS) is 20.1. The molecule has 1 unspecified atom stereocenters. The van der Waals surface area contributed by atoms with Crippen LogP contribution in [-0.4, -0.2) is 45.4 Å². The van der Waals surface area contributed by atoms with Crippen molar-refractivity contribution >= 4 is 10.0 Å². The number of piperidine rings is 1. The molecule has 126 valence electrons. The standard InChI is InChI=1S/C15H23N5O2S/c1-11-15(12(2)19(4)16-11)23(21,22)20-8-5-6-13(10-20)14-7-9-18(3)17-14/h7,9,13H,5-6,8,10H2,1-4H3. The van der Waals surface area contributed by atoms with Crippen LogP contribution in [-0.2, 0) is 24.1 Å². The van der Waals surface area contributed by atoms with Gasteiger partial charge in [-0.1, -0.05) is 0 Å². The first-order valence-corrected chi connectivity index (χ1v) is 9.24.